The Labute approximate surface area is 166 Å². The number of hydrogen-bond acceptors (Lipinski definition) is 4. The monoisotopic (exact) mass is 387 g/mol. The van der Waals surface area contributed by atoms with E-state index in [0.717, 1.165) is 38.9 Å². The molecule has 2 atom stereocenters. The summed E-state index contributed by atoms with van der Waals surface area (Å²) in [4.78, 5) is 26.6. The summed E-state index contributed by atoms with van der Waals surface area (Å²) in [6.45, 7) is 6.64. The first-order chi connectivity index (χ1) is 13.7. The van der Waals surface area contributed by atoms with Crippen LogP contribution in [0.2, 0.25) is 0 Å². The van der Waals surface area contributed by atoms with Crippen LogP contribution < -0.4 is 10.6 Å². The molecule has 1 aromatic rings. The first-order valence-electron chi connectivity index (χ1n) is 9.94. The number of nitrogens with one attached hydrogen (secondary N) is 2. The largest absolute Gasteiger partial charge is 0.376 e. The Balaban J connectivity index is 1.59. The Morgan fingerprint density at radius 1 is 1.07 bits per heavy atom. The van der Waals surface area contributed by atoms with E-state index in [9.17, 15) is 9.59 Å². The number of carbonyl (C=O) groups excluding carboxylic acids is 2. The second-order valence-electron chi connectivity index (χ2n) is 7.18. The molecule has 0 radical (unpaired) electrons. The molecule has 2 aliphatic rings. The Hall–Kier alpha value is -2.38. The van der Waals surface area contributed by atoms with Gasteiger partial charge in [-0.15, -0.1) is 6.58 Å². The Morgan fingerprint density at radius 3 is 2.18 bits per heavy atom. The fourth-order valence-electron chi connectivity index (χ4n) is 3.48. The molecule has 152 valence electrons. The summed E-state index contributed by atoms with van der Waals surface area (Å²) >= 11 is 0. The van der Waals surface area contributed by atoms with E-state index in [4.69, 9.17) is 9.47 Å². The van der Waals surface area contributed by atoms with E-state index < -0.39 is 0 Å². The van der Waals surface area contributed by atoms with Crippen molar-refractivity contribution in [2.75, 3.05) is 38.2 Å². The van der Waals surface area contributed by atoms with Crippen molar-refractivity contribution in [3.8, 4) is 0 Å². The van der Waals surface area contributed by atoms with Crippen molar-refractivity contribution in [2.24, 2.45) is 0 Å². The van der Waals surface area contributed by atoms with Crippen LogP contribution in [0.15, 0.2) is 36.9 Å². The zero-order chi connectivity index (χ0) is 19.8. The lowest BCUT2D eigenvalue weighted by Crippen LogP contribution is -2.44. The van der Waals surface area contributed by atoms with E-state index in [1.54, 1.807) is 35.2 Å². The second-order valence-corrected chi connectivity index (χ2v) is 7.18. The van der Waals surface area contributed by atoms with Crippen LogP contribution >= 0.6 is 0 Å². The van der Waals surface area contributed by atoms with Crippen molar-refractivity contribution in [1.29, 1.82) is 0 Å². The number of urea groups is 1. The molecule has 1 aromatic carbocycles. The standard InChI is InChI=1S/C21H29N3O4/c1-2-11-22-20(25)16-7-9-17(10-8-16)23-21(26)24(14-18-5-3-12-27-18)15-19-6-4-13-28-19/h2,7-10,18-19H,1,3-6,11-15H2,(H,22,25)(H,23,26)/t18-,19-/m0/s1. The third kappa shape index (κ3) is 5.81. The predicted molar refractivity (Wildman–Crippen MR) is 108 cm³/mol. The lowest BCUT2D eigenvalue weighted by molar-refractivity contribution is 0.0524. The molecule has 0 unspecified atom stereocenters. The van der Waals surface area contributed by atoms with Gasteiger partial charge in [0.05, 0.1) is 12.2 Å². The topological polar surface area (TPSA) is 79.9 Å². The smallest absolute Gasteiger partial charge is 0.322 e. The Morgan fingerprint density at radius 2 is 1.68 bits per heavy atom. The first-order valence-corrected chi connectivity index (χ1v) is 9.94. The SMILES string of the molecule is C=CCNC(=O)c1ccc(NC(=O)N(C[C@@H]2CCCO2)C[C@@H]2CCCO2)cc1. The van der Waals surface area contributed by atoms with Crippen LogP contribution in [0, 0.1) is 0 Å². The van der Waals surface area contributed by atoms with Gasteiger partial charge in [-0.25, -0.2) is 4.79 Å². The third-order valence-electron chi connectivity index (χ3n) is 4.99. The summed E-state index contributed by atoms with van der Waals surface area (Å²) in [6.07, 6.45) is 5.83. The van der Waals surface area contributed by atoms with Gasteiger partial charge >= 0.3 is 6.03 Å². The molecule has 3 rings (SSSR count). The molecule has 2 heterocycles. The molecule has 2 fully saturated rings. The van der Waals surface area contributed by atoms with Crippen molar-refractivity contribution in [3.05, 3.63) is 42.5 Å². The fraction of sp³-hybridized carbons (Fsp3) is 0.524. The summed E-state index contributed by atoms with van der Waals surface area (Å²) in [5.74, 6) is -0.170. The number of ether oxygens (including phenoxy) is 2. The van der Waals surface area contributed by atoms with Crippen LogP contribution in [-0.2, 0) is 9.47 Å². The highest BCUT2D eigenvalue weighted by Crippen LogP contribution is 2.18. The average Bonchev–Trinajstić information content (AvgIpc) is 3.40. The molecule has 2 N–H and O–H groups in total. The van der Waals surface area contributed by atoms with E-state index in [1.807, 2.05) is 0 Å². The van der Waals surface area contributed by atoms with Gasteiger partial charge in [0.1, 0.15) is 0 Å². The van der Waals surface area contributed by atoms with Gasteiger partial charge in [0.2, 0.25) is 0 Å². The number of benzene rings is 1. The molecule has 0 aromatic heterocycles. The van der Waals surface area contributed by atoms with Crippen LogP contribution in [0.4, 0.5) is 10.5 Å². The van der Waals surface area contributed by atoms with Crippen LogP contribution in [0.5, 0.6) is 0 Å². The quantitative estimate of drug-likeness (QED) is 0.672. The molecule has 2 saturated heterocycles. The van der Waals surface area contributed by atoms with Crippen molar-refractivity contribution >= 4 is 17.6 Å². The maximum Gasteiger partial charge on any atom is 0.322 e. The molecule has 0 saturated carbocycles. The summed E-state index contributed by atoms with van der Waals surface area (Å²) in [6, 6.07) is 6.68. The van der Waals surface area contributed by atoms with E-state index in [-0.39, 0.29) is 24.1 Å². The predicted octanol–water partition coefficient (Wildman–Crippen LogP) is 2.79. The third-order valence-corrected chi connectivity index (χ3v) is 4.99. The highest BCUT2D eigenvalue weighted by molar-refractivity contribution is 5.95. The number of carbonyl (C=O) groups is 2. The molecule has 0 aliphatic carbocycles. The van der Waals surface area contributed by atoms with Gasteiger partial charge in [0.15, 0.2) is 0 Å². The van der Waals surface area contributed by atoms with Gasteiger partial charge in [0, 0.05) is 44.1 Å². The molecule has 3 amide bonds. The van der Waals surface area contributed by atoms with E-state index in [2.05, 4.69) is 17.2 Å². The minimum Gasteiger partial charge on any atom is -0.376 e. The van der Waals surface area contributed by atoms with Crippen LogP contribution in [0.25, 0.3) is 0 Å². The fourth-order valence-corrected chi connectivity index (χ4v) is 3.48. The van der Waals surface area contributed by atoms with E-state index in [0.29, 0.717) is 30.9 Å². The van der Waals surface area contributed by atoms with Gasteiger partial charge in [0.25, 0.3) is 5.91 Å². The highest BCUT2D eigenvalue weighted by atomic mass is 16.5. The van der Waals surface area contributed by atoms with Crippen molar-refractivity contribution in [3.63, 3.8) is 0 Å². The molecular weight excluding hydrogens is 358 g/mol. The van der Waals surface area contributed by atoms with Gasteiger partial charge in [-0.1, -0.05) is 6.08 Å². The van der Waals surface area contributed by atoms with Crippen molar-refractivity contribution < 1.29 is 19.1 Å². The zero-order valence-corrected chi connectivity index (χ0v) is 16.2. The molecule has 0 bridgehead atoms. The van der Waals surface area contributed by atoms with Gasteiger partial charge in [-0.3, -0.25) is 4.79 Å². The van der Waals surface area contributed by atoms with Gasteiger partial charge < -0.3 is 25.0 Å². The van der Waals surface area contributed by atoms with Crippen LogP contribution in [0.1, 0.15) is 36.0 Å². The number of amides is 3. The minimum atomic E-state index is -0.171. The normalized spacial score (nSPS) is 21.3. The number of anilines is 1. The first kappa shape index (κ1) is 20.4. The zero-order valence-electron chi connectivity index (χ0n) is 16.2. The molecule has 28 heavy (non-hydrogen) atoms. The Kier molecular flexibility index (Phi) is 7.45. The Bertz CT molecular complexity index is 647. The number of hydrogen-bond donors (Lipinski definition) is 2. The molecule has 0 spiro atoms. The maximum absolute atomic E-state index is 12.9. The number of nitrogens with zero attached hydrogens (tertiary/aromatic N) is 1. The lowest BCUT2D eigenvalue weighted by atomic mass is 10.2. The molecule has 7 heteroatoms. The second kappa shape index (κ2) is 10.2. The summed E-state index contributed by atoms with van der Waals surface area (Å²) in [5, 5.41) is 5.65. The lowest BCUT2D eigenvalue weighted by Gasteiger charge is -2.28. The van der Waals surface area contributed by atoms with Crippen molar-refractivity contribution in [2.45, 2.75) is 37.9 Å². The highest BCUT2D eigenvalue weighted by Gasteiger charge is 2.27. The van der Waals surface area contributed by atoms with Gasteiger partial charge in [-0.2, -0.15) is 0 Å². The minimum absolute atomic E-state index is 0.0862. The molecule has 7 nitrogen and oxygen atoms in total. The van der Waals surface area contributed by atoms with E-state index >= 15 is 0 Å². The van der Waals surface area contributed by atoms with Crippen LogP contribution in [0.3, 0.4) is 0 Å². The summed E-state index contributed by atoms with van der Waals surface area (Å²) in [5.41, 5.74) is 1.19. The van der Waals surface area contributed by atoms with Crippen LogP contribution in [-0.4, -0.2) is 61.9 Å². The summed E-state index contributed by atoms with van der Waals surface area (Å²) in [7, 11) is 0. The average molecular weight is 387 g/mol. The number of rotatable bonds is 8. The molecule has 2 aliphatic heterocycles. The maximum atomic E-state index is 12.9. The van der Waals surface area contributed by atoms with Gasteiger partial charge in [-0.05, 0) is 49.9 Å². The van der Waals surface area contributed by atoms with E-state index in [1.165, 1.54) is 0 Å². The van der Waals surface area contributed by atoms with Crippen molar-refractivity contribution in [1.82, 2.24) is 10.2 Å². The summed E-state index contributed by atoms with van der Waals surface area (Å²) < 4.78 is 11.4. The molecular formula is C21H29N3O4.